The van der Waals surface area contributed by atoms with Crippen molar-refractivity contribution in [3.8, 4) is 0 Å². The maximum absolute atomic E-state index is 12.6. The first-order chi connectivity index (χ1) is 9.52. The van der Waals surface area contributed by atoms with Crippen molar-refractivity contribution in [1.29, 1.82) is 0 Å². The zero-order chi connectivity index (χ0) is 14.8. The molecule has 1 aromatic heterocycles. The van der Waals surface area contributed by atoms with Crippen LogP contribution in [0.4, 0.5) is 0 Å². The Bertz CT molecular complexity index is 553. The lowest BCUT2D eigenvalue weighted by Crippen LogP contribution is -2.29. The third kappa shape index (κ3) is 2.90. The molecular weight excluding hydrogens is 278 g/mol. The molecule has 0 aliphatic carbocycles. The molecule has 1 aromatic rings. The summed E-state index contributed by atoms with van der Waals surface area (Å²) < 4.78 is 33.8. The fourth-order valence-corrected chi connectivity index (χ4v) is 4.10. The van der Waals surface area contributed by atoms with Crippen LogP contribution in [0, 0.1) is 0 Å². The van der Waals surface area contributed by atoms with Gasteiger partial charge in [-0.25, -0.2) is 8.42 Å². The lowest BCUT2D eigenvalue weighted by Gasteiger charge is -2.15. The summed E-state index contributed by atoms with van der Waals surface area (Å²) in [7, 11) is -1.82. The summed E-state index contributed by atoms with van der Waals surface area (Å²) in [5, 5.41) is 0. The lowest BCUT2D eigenvalue weighted by atomic mass is 10.3. The summed E-state index contributed by atoms with van der Waals surface area (Å²) >= 11 is 0. The Labute approximate surface area is 120 Å². The molecule has 114 valence electrons. The molecule has 1 atom stereocenters. The molecule has 6 nitrogen and oxygen atoms in total. The van der Waals surface area contributed by atoms with Crippen molar-refractivity contribution in [2.45, 2.75) is 43.9 Å². The van der Waals surface area contributed by atoms with E-state index in [-0.39, 0.29) is 6.10 Å². The van der Waals surface area contributed by atoms with Gasteiger partial charge in [-0.2, -0.15) is 4.31 Å². The highest BCUT2D eigenvalue weighted by atomic mass is 32.2. The minimum Gasteiger partial charge on any atom is -0.380 e. The number of ether oxygens (including phenoxy) is 1. The highest BCUT2D eigenvalue weighted by Gasteiger charge is 2.33. The second kappa shape index (κ2) is 6.26. The second-order valence-corrected chi connectivity index (χ2v) is 7.01. The highest BCUT2D eigenvalue weighted by Crippen LogP contribution is 2.24. The van der Waals surface area contributed by atoms with Crippen LogP contribution >= 0.6 is 0 Å². The number of hydrogen-bond donors (Lipinski definition) is 1. The monoisotopic (exact) mass is 301 g/mol. The number of rotatable bonds is 6. The van der Waals surface area contributed by atoms with Crippen LogP contribution in [0.3, 0.4) is 0 Å². The molecule has 1 saturated heterocycles. The number of nitrogens with zero attached hydrogens (tertiary/aromatic N) is 2. The van der Waals surface area contributed by atoms with Gasteiger partial charge in [-0.1, -0.05) is 6.92 Å². The summed E-state index contributed by atoms with van der Waals surface area (Å²) in [6.07, 6.45) is 3.38. The van der Waals surface area contributed by atoms with Gasteiger partial charge in [0, 0.05) is 45.2 Å². The summed E-state index contributed by atoms with van der Waals surface area (Å²) in [4.78, 5) is 0.336. The average molecular weight is 301 g/mol. The van der Waals surface area contributed by atoms with Crippen LogP contribution in [0.15, 0.2) is 17.2 Å². The van der Waals surface area contributed by atoms with Crippen molar-refractivity contribution in [1.82, 2.24) is 8.87 Å². The van der Waals surface area contributed by atoms with Gasteiger partial charge < -0.3 is 15.0 Å². The zero-order valence-corrected chi connectivity index (χ0v) is 12.9. The number of hydrogen-bond acceptors (Lipinski definition) is 4. The normalized spacial score (nSPS) is 20.6. The van der Waals surface area contributed by atoms with Crippen molar-refractivity contribution >= 4 is 10.0 Å². The van der Waals surface area contributed by atoms with Gasteiger partial charge in [0.15, 0.2) is 0 Å². The van der Waals surface area contributed by atoms with Gasteiger partial charge >= 0.3 is 0 Å². The van der Waals surface area contributed by atoms with Crippen molar-refractivity contribution in [3.05, 3.63) is 18.0 Å². The Hall–Kier alpha value is -0.890. The minimum atomic E-state index is -3.43. The maximum atomic E-state index is 12.6. The van der Waals surface area contributed by atoms with Crippen LogP contribution in [0.25, 0.3) is 0 Å². The van der Waals surface area contributed by atoms with E-state index >= 15 is 0 Å². The van der Waals surface area contributed by atoms with Gasteiger partial charge in [0.1, 0.15) is 4.90 Å². The van der Waals surface area contributed by atoms with Crippen LogP contribution < -0.4 is 5.73 Å². The first-order valence-electron chi connectivity index (χ1n) is 6.95. The third-order valence-electron chi connectivity index (χ3n) is 3.71. The quantitative estimate of drug-likeness (QED) is 0.842. The number of aromatic nitrogens is 1. The van der Waals surface area contributed by atoms with Crippen LogP contribution in [-0.4, -0.2) is 43.6 Å². The molecule has 0 radical (unpaired) electrons. The fraction of sp³-hybridized carbons (Fsp3) is 0.692. The van der Waals surface area contributed by atoms with E-state index in [1.165, 1.54) is 4.31 Å². The predicted molar refractivity (Wildman–Crippen MR) is 76.8 cm³/mol. The van der Waals surface area contributed by atoms with Crippen molar-refractivity contribution in [3.63, 3.8) is 0 Å². The molecule has 0 aromatic carbocycles. The maximum Gasteiger partial charge on any atom is 0.244 e. The lowest BCUT2D eigenvalue weighted by molar-refractivity contribution is 0.115. The summed E-state index contributed by atoms with van der Waals surface area (Å²) in [6, 6.07) is 1.69. The Balaban J connectivity index is 2.26. The summed E-state index contributed by atoms with van der Waals surface area (Å²) in [5.41, 5.74) is 6.54. The van der Waals surface area contributed by atoms with E-state index in [9.17, 15) is 8.42 Å². The predicted octanol–water partition coefficient (Wildman–Crippen LogP) is 0.766. The van der Waals surface area contributed by atoms with E-state index in [1.54, 1.807) is 19.4 Å². The molecule has 0 amide bonds. The Morgan fingerprint density at radius 1 is 1.50 bits per heavy atom. The van der Waals surface area contributed by atoms with Gasteiger partial charge in [0.25, 0.3) is 0 Å². The van der Waals surface area contributed by atoms with Gasteiger partial charge in [0.2, 0.25) is 10.0 Å². The molecule has 1 aliphatic heterocycles. The molecule has 2 heterocycles. The smallest absolute Gasteiger partial charge is 0.244 e. The Kier molecular flexibility index (Phi) is 4.85. The molecule has 1 fully saturated rings. The zero-order valence-electron chi connectivity index (χ0n) is 12.1. The first-order valence-corrected chi connectivity index (χ1v) is 8.39. The van der Waals surface area contributed by atoms with Gasteiger partial charge in [0.05, 0.1) is 6.10 Å². The SMILES string of the molecule is CCCn1cc(S(=O)(=O)N2CCC(OC)C2)cc1CN. The average Bonchev–Trinajstić information content (AvgIpc) is 3.05. The molecular formula is C13H23N3O3S. The van der Waals surface area contributed by atoms with Crippen molar-refractivity contribution in [2.24, 2.45) is 5.73 Å². The fourth-order valence-electron chi connectivity index (χ4n) is 2.54. The number of aryl methyl sites for hydroxylation is 1. The standard InChI is InChI=1S/C13H23N3O3S/c1-3-5-15-10-13(7-11(15)8-14)20(17,18)16-6-4-12(9-16)19-2/h7,10,12H,3-6,8-9,14H2,1-2H3. The molecule has 2 N–H and O–H groups in total. The van der Waals surface area contributed by atoms with E-state index < -0.39 is 10.0 Å². The topological polar surface area (TPSA) is 77.6 Å². The Morgan fingerprint density at radius 3 is 2.80 bits per heavy atom. The molecule has 0 saturated carbocycles. The van der Waals surface area contributed by atoms with Crippen molar-refractivity contribution < 1.29 is 13.2 Å². The van der Waals surface area contributed by atoms with Crippen LogP contribution in [0.5, 0.6) is 0 Å². The minimum absolute atomic E-state index is 0.00326. The number of sulfonamides is 1. The van der Waals surface area contributed by atoms with Crippen LogP contribution in [-0.2, 0) is 27.8 Å². The molecule has 1 unspecified atom stereocenters. The number of methoxy groups -OCH3 is 1. The number of nitrogens with two attached hydrogens (primary N) is 1. The molecule has 7 heteroatoms. The highest BCUT2D eigenvalue weighted by molar-refractivity contribution is 7.89. The van der Waals surface area contributed by atoms with E-state index in [1.807, 2.05) is 4.57 Å². The van der Waals surface area contributed by atoms with E-state index in [0.29, 0.717) is 24.5 Å². The first kappa shape index (κ1) is 15.5. The third-order valence-corrected chi connectivity index (χ3v) is 5.54. The largest absolute Gasteiger partial charge is 0.380 e. The summed E-state index contributed by atoms with van der Waals surface area (Å²) in [6.45, 7) is 4.12. The van der Waals surface area contributed by atoms with E-state index in [4.69, 9.17) is 10.5 Å². The van der Waals surface area contributed by atoms with E-state index in [2.05, 4.69) is 6.92 Å². The van der Waals surface area contributed by atoms with E-state index in [0.717, 1.165) is 25.1 Å². The van der Waals surface area contributed by atoms with Gasteiger partial charge in [-0.3, -0.25) is 0 Å². The van der Waals surface area contributed by atoms with Gasteiger partial charge in [-0.05, 0) is 18.9 Å². The van der Waals surface area contributed by atoms with Crippen LogP contribution in [0.1, 0.15) is 25.5 Å². The van der Waals surface area contributed by atoms with Crippen molar-refractivity contribution in [2.75, 3.05) is 20.2 Å². The van der Waals surface area contributed by atoms with Gasteiger partial charge in [-0.15, -0.1) is 0 Å². The second-order valence-electron chi connectivity index (χ2n) is 5.07. The molecule has 0 spiro atoms. The summed E-state index contributed by atoms with van der Waals surface area (Å²) in [5.74, 6) is 0. The molecule has 2 rings (SSSR count). The Morgan fingerprint density at radius 2 is 2.25 bits per heavy atom. The van der Waals surface area contributed by atoms with Crippen LogP contribution in [0.2, 0.25) is 0 Å². The molecule has 1 aliphatic rings. The molecule has 0 bridgehead atoms. The molecule has 20 heavy (non-hydrogen) atoms.